The van der Waals surface area contributed by atoms with Crippen LogP contribution < -0.4 is 5.32 Å². The maximum atomic E-state index is 11.3. The molecule has 2 atom stereocenters. The number of nitrogens with zero attached hydrogens (tertiary/aromatic N) is 2. The maximum Gasteiger partial charge on any atom is 0.326 e. The molecular formula is C13H18N4O2. The van der Waals surface area contributed by atoms with Gasteiger partial charge in [0.2, 0.25) is 0 Å². The lowest BCUT2D eigenvalue weighted by molar-refractivity contribution is -0.139. The van der Waals surface area contributed by atoms with E-state index in [0.717, 1.165) is 17.5 Å². The molecule has 0 aliphatic rings. The number of aromatic amines is 1. The fraction of sp³-hybridized carbons (Fsp3) is 0.462. The first kappa shape index (κ1) is 13.3. The van der Waals surface area contributed by atoms with Crippen LogP contribution in [-0.4, -0.2) is 32.1 Å². The van der Waals surface area contributed by atoms with E-state index in [1.54, 1.807) is 0 Å². The van der Waals surface area contributed by atoms with Gasteiger partial charge < -0.3 is 15.4 Å². The molecule has 0 saturated carbocycles. The van der Waals surface area contributed by atoms with Crippen LogP contribution in [-0.2, 0) is 4.79 Å². The zero-order valence-corrected chi connectivity index (χ0v) is 11.3. The topological polar surface area (TPSA) is 90.9 Å². The van der Waals surface area contributed by atoms with Crippen molar-refractivity contribution in [2.24, 2.45) is 5.92 Å². The van der Waals surface area contributed by atoms with Crippen molar-refractivity contribution in [2.75, 3.05) is 5.32 Å². The Bertz CT molecular complexity index is 593. The number of anilines is 1. The zero-order chi connectivity index (χ0) is 14.0. The molecule has 3 N–H and O–H groups in total. The number of hydrogen-bond acceptors (Lipinski definition) is 4. The number of carboxylic acid groups (broad SMARTS) is 1. The number of rotatable bonds is 5. The number of aromatic nitrogens is 3. The van der Waals surface area contributed by atoms with Crippen LogP contribution >= 0.6 is 0 Å². The molecule has 0 spiro atoms. The van der Waals surface area contributed by atoms with Crippen molar-refractivity contribution in [3.8, 4) is 0 Å². The molecule has 2 rings (SSSR count). The van der Waals surface area contributed by atoms with Gasteiger partial charge in [0.15, 0.2) is 0 Å². The summed E-state index contributed by atoms with van der Waals surface area (Å²) in [5.74, 6) is -0.294. The molecule has 6 nitrogen and oxygen atoms in total. The van der Waals surface area contributed by atoms with Gasteiger partial charge in [0.1, 0.15) is 23.8 Å². The van der Waals surface area contributed by atoms with E-state index in [9.17, 15) is 9.90 Å². The summed E-state index contributed by atoms with van der Waals surface area (Å²) >= 11 is 0. The first-order valence-electron chi connectivity index (χ1n) is 6.32. The quantitative estimate of drug-likeness (QED) is 0.768. The van der Waals surface area contributed by atoms with Crippen molar-refractivity contribution in [2.45, 2.75) is 33.2 Å². The molecule has 0 bridgehead atoms. The first-order valence-corrected chi connectivity index (χ1v) is 6.32. The number of hydrogen-bond donors (Lipinski definition) is 3. The Morgan fingerprint density at radius 1 is 1.53 bits per heavy atom. The van der Waals surface area contributed by atoms with Crippen molar-refractivity contribution in [1.29, 1.82) is 0 Å². The van der Waals surface area contributed by atoms with E-state index in [2.05, 4.69) is 20.3 Å². The standard InChI is InChI=1S/C13H18N4O2/c1-4-7(2)10(13(18)19)17-12-9-5-8(3)16-11(9)14-6-15-12/h5-7,10H,4H2,1-3H3,(H,18,19)(H2,14,15,16,17). The zero-order valence-electron chi connectivity index (χ0n) is 11.3. The van der Waals surface area contributed by atoms with Crippen LogP contribution in [0.3, 0.4) is 0 Å². The van der Waals surface area contributed by atoms with E-state index in [-0.39, 0.29) is 5.92 Å². The van der Waals surface area contributed by atoms with Crippen LogP contribution in [0.25, 0.3) is 11.0 Å². The smallest absolute Gasteiger partial charge is 0.326 e. The lowest BCUT2D eigenvalue weighted by Crippen LogP contribution is -2.35. The number of H-pyrrole nitrogens is 1. The maximum absolute atomic E-state index is 11.3. The molecule has 0 aliphatic heterocycles. The third-order valence-corrected chi connectivity index (χ3v) is 3.33. The van der Waals surface area contributed by atoms with Gasteiger partial charge in [-0.1, -0.05) is 20.3 Å². The Balaban J connectivity index is 2.36. The van der Waals surface area contributed by atoms with Crippen LogP contribution in [0, 0.1) is 12.8 Å². The number of carboxylic acids is 1. The SMILES string of the molecule is CCC(C)C(Nc1ncnc2[nH]c(C)cc12)C(=O)O. The summed E-state index contributed by atoms with van der Waals surface area (Å²) in [6, 6.07) is 1.26. The molecule has 19 heavy (non-hydrogen) atoms. The minimum Gasteiger partial charge on any atom is -0.480 e. The van der Waals surface area contributed by atoms with Gasteiger partial charge in [-0.2, -0.15) is 0 Å². The Morgan fingerprint density at radius 3 is 2.89 bits per heavy atom. The second-order valence-electron chi connectivity index (χ2n) is 4.78. The highest BCUT2D eigenvalue weighted by Crippen LogP contribution is 2.22. The number of fused-ring (bicyclic) bond motifs is 1. The van der Waals surface area contributed by atoms with Crippen LogP contribution in [0.1, 0.15) is 26.0 Å². The van der Waals surface area contributed by atoms with Gasteiger partial charge in [-0.3, -0.25) is 0 Å². The highest BCUT2D eigenvalue weighted by molar-refractivity contribution is 5.89. The van der Waals surface area contributed by atoms with Crippen LogP contribution in [0.15, 0.2) is 12.4 Å². The molecule has 0 fully saturated rings. The number of carbonyl (C=O) groups is 1. The molecule has 2 aromatic rings. The largest absolute Gasteiger partial charge is 0.480 e. The van der Waals surface area contributed by atoms with Crippen LogP contribution in [0.5, 0.6) is 0 Å². The number of nitrogens with one attached hydrogen (secondary N) is 2. The Labute approximate surface area is 111 Å². The highest BCUT2D eigenvalue weighted by Gasteiger charge is 2.24. The first-order chi connectivity index (χ1) is 9.02. The monoisotopic (exact) mass is 262 g/mol. The molecule has 0 aromatic carbocycles. The van der Waals surface area contributed by atoms with Gasteiger partial charge in [0, 0.05) is 5.69 Å². The molecule has 102 valence electrons. The van der Waals surface area contributed by atoms with Gasteiger partial charge in [0.05, 0.1) is 5.39 Å². The molecule has 2 unspecified atom stereocenters. The summed E-state index contributed by atoms with van der Waals surface area (Å²) in [5, 5.41) is 13.1. The minimum atomic E-state index is -0.867. The molecule has 0 radical (unpaired) electrons. The third kappa shape index (κ3) is 2.67. The summed E-state index contributed by atoms with van der Waals surface area (Å²) in [4.78, 5) is 22.7. The Hall–Kier alpha value is -2.11. The van der Waals surface area contributed by atoms with Crippen molar-refractivity contribution >= 4 is 22.8 Å². The van der Waals surface area contributed by atoms with E-state index in [1.165, 1.54) is 6.33 Å². The summed E-state index contributed by atoms with van der Waals surface area (Å²) in [7, 11) is 0. The number of aryl methyl sites for hydroxylation is 1. The summed E-state index contributed by atoms with van der Waals surface area (Å²) < 4.78 is 0. The summed E-state index contributed by atoms with van der Waals surface area (Å²) in [6.07, 6.45) is 2.21. The average Bonchev–Trinajstić information content (AvgIpc) is 2.75. The normalized spacial score (nSPS) is 14.3. The summed E-state index contributed by atoms with van der Waals surface area (Å²) in [6.45, 7) is 5.81. The predicted molar refractivity (Wildman–Crippen MR) is 73.1 cm³/mol. The van der Waals surface area contributed by atoms with Crippen molar-refractivity contribution in [3.63, 3.8) is 0 Å². The van der Waals surface area contributed by atoms with Gasteiger partial charge in [-0.25, -0.2) is 14.8 Å². The van der Waals surface area contributed by atoms with E-state index in [1.807, 2.05) is 26.8 Å². The fourth-order valence-corrected chi connectivity index (χ4v) is 2.02. The Kier molecular flexibility index (Phi) is 3.69. The van der Waals surface area contributed by atoms with Gasteiger partial charge in [-0.15, -0.1) is 0 Å². The molecule has 0 saturated heterocycles. The average molecular weight is 262 g/mol. The third-order valence-electron chi connectivity index (χ3n) is 3.33. The molecular weight excluding hydrogens is 244 g/mol. The second kappa shape index (κ2) is 5.26. The fourth-order valence-electron chi connectivity index (χ4n) is 2.02. The van der Waals surface area contributed by atoms with E-state index >= 15 is 0 Å². The van der Waals surface area contributed by atoms with E-state index < -0.39 is 12.0 Å². The Morgan fingerprint density at radius 2 is 2.26 bits per heavy atom. The lowest BCUT2D eigenvalue weighted by atomic mass is 9.99. The van der Waals surface area contributed by atoms with Crippen molar-refractivity contribution in [3.05, 3.63) is 18.1 Å². The molecule has 0 amide bonds. The van der Waals surface area contributed by atoms with E-state index in [4.69, 9.17) is 0 Å². The molecule has 6 heteroatoms. The molecule has 2 aromatic heterocycles. The van der Waals surface area contributed by atoms with E-state index in [0.29, 0.717) is 11.5 Å². The number of aliphatic carboxylic acids is 1. The molecule has 2 heterocycles. The second-order valence-corrected chi connectivity index (χ2v) is 4.78. The predicted octanol–water partition coefficient (Wildman–Crippen LogP) is 2.18. The van der Waals surface area contributed by atoms with Gasteiger partial charge >= 0.3 is 5.97 Å². The highest BCUT2D eigenvalue weighted by atomic mass is 16.4. The lowest BCUT2D eigenvalue weighted by Gasteiger charge is -2.20. The summed E-state index contributed by atoms with van der Waals surface area (Å²) in [5.41, 5.74) is 1.68. The molecule has 0 aliphatic carbocycles. The van der Waals surface area contributed by atoms with Crippen molar-refractivity contribution < 1.29 is 9.90 Å². The van der Waals surface area contributed by atoms with Crippen LogP contribution in [0.4, 0.5) is 5.82 Å². The van der Waals surface area contributed by atoms with Crippen LogP contribution in [0.2, 0.25) is 0 Å². The van der Waals surface area contributed by atoms with Gasteiger partial charge in [0.25, 0.3) is 0 Å². The van der Waals surface area contributed by atoms with Crippen molar-refractivity contribution in [1.82, 2.24) is 15.0 Å². The van der Waals surface area contributed by atoms with Gasteiger partial charge in [-0.05, 0) is 18.9 Å². The minimum absolute atomic E-state index is 0.0163.